The zero-order chi connectivity index (χ0) is 21.1. The molecule has 1 fully saturated rings. The summed E-state index contributed by atoms with van der Waals surface area (Å²) in [5.41, 5.74) is 0.790. The molecule has 1 aromatic heterocycles. The highest BCUT2D eigenvalue weighted by Gasteiger charge is 2.28. The lowest BCUT2D eigenvalue weighted by molar-refractivity contribution is -0.134. The van der Waals surface area contributed by atoms with Gasteiger partial charge in [0.15, 0.2) is 0 Å². The lowest BCUT2D eigenvalue weighted by atomic mass is 10.1. The standard InChI is InChI=1S/C20H21BrFN3O3S/c1-12-3-4-14(11-15(12)22)20(28)25-9-7-24(8-10-25)19(27)13(2)23-18(26)16-5-6-17(21)29-16/h3-6,11,13H,7-10H2,1-2H3,(H,23,26). The average Bonchev–Trinajstić information content (AvgIpc) is 3.15. The van der Waals surface area contributed by atoms with Crippen LogP contribution in [0.5, 0.6) is 0 Å². The van der Waals surface area contributed by atoms with Gasteiger partial charge in [-0.15, -0.1) is 11.3 Å². The van der Waals surface area contributed by atoms with Crippen LogP contribution in [-0.4, -0.2) is 59.7 Å². The zero-order valence-corrected chi connectivity index (χ0v) is 18.5. The Morgan fingerprint density at radius 3 is 2.34 bits per heavy atom. The molecule has 0 radical (unpaired) electrons. The van der Waals surface area contributed by atoms with Crippen molar-refractivity contribution in [2.45, 2.75) is 19.9 Å². The van der Waals surface area contributed by atoms with E-state index < -0.39 is 11.9 Å². The van der Waals surface area contributed by atoms with Gasteiger partial charge in [0.25, 0.3) is 11.8 Å². The highest BCUT2D eigenvalue weighted by Crippen LogP contribution is 2.22. The van der Waals surface area contributed by atoms with E-state index in [1.165, 1.54) is 17.4 Å². The van der Waals surface area contributed by atoms with Crippen molar-refractivity contribution in [1.82, 2.24) is 15.1 Å². The number of piperazine rings is 1. The van der Waals surface area contributed by atoms with Gasteiger partial charge in [-0.2, -0.15) is 0 Å². The van der Waals surface area contributed by atoms with Crippen molar-refractivity contribution in [3.8, 4) is 0 Å². The van der Waals surface area contributed by atoms with Gasteiger partial charge >= 0.3 is 0 Å². The average molecular weight is 482 g/mol. The number of thiophene rings is 1. The predicted octanol–water partition coefficient (Wildman–Crippen LogP) is 3.06. The van der Waals surface area contributed by atoms with Crippen LogP contribution in [0.15, 0.2) is 34.1 Å². The summed E-state index contributed by atoms with van der Waals surface area (Å²) in [6.07, 6.45) is 0. The maximum atomic E-state index is 13.7. The molecule has 2 aromatic rings. The van der Waals surface area contributed by atoms with Gasteiger partial charge in [-0.3, -0.25) is 14.4 Å². The zero-order valence-electron chi connectivity index (χ0n) is 16.1. The Kier molecular flexibility index (Phi) is 6.69. The number of benzene rings is 1. The lowest BCUT2D eigenvalue weighted by Gasteiger charge is -2.36. The highest BCUT2D eigenvalue weighted by molar-refractivity contribution is 9.11. The SMILES string of the molecule is Cc1ccc(C(=O)N2CCN(C(=O)C(C)NC(=O)c3ccc(Br)s3)CC2)cc1F. The summed E-state index contributed by atoms with van der Waals surface area (Å²) in [5.74, 6) is -1.15. The van der Waals surface area contributed by atoms with E-state index in [1.54, 1.807) is 47.9 Å². The van der Waals surface area contributed by atoms with Crippen LogP contribution in [0.25, 0.3) is 0 Å². The normalized spacial score (nSPS) is 15.2. The second-order valence-electron chi connectivity index (χ2n) is 6.88. The molecule has 0 spiro atoms. The van der Waals surface area contributed by atoms with Crippen LogP contribution >= 0.6 is 27.3 Å². The van der Waals surface area contributed by atoms with Crippen molar-refractivity contribution in [3.05, 3.63) is 55.9 Å². The fourth-order valence-corrected chi connectivity index (χ4v) is 4.37. The molecule has 1 unspecified atom stereocenters. The molecule has 0 saturated carbocycles. The number of halogens is 2. The van der Waals surface area contributed by atoms with Gasteiger partial charge in [0.2, 0.25) is 5.91 Å². The molecule has 9 heteroatoms. The summed E-state index contributed by atoms with van der Waals surface area (Å²) >= 11 is 4.61. The Labute approximate surface area is 180 Å². The minimum absolute atomic E-state index is 0.192. The largest absolute Gasteiger partial charge is 0.340 e. The lowest BCUT2D eigenvalue weighted by Crippen LogP contribution is -2.55. The maximum absolute atomic E-state index is 13.7. The van der Waals surface area contributed by atoms with Gasteiger partial charge < -0.3 is 15.1 Å². The second kappa shape index (κ2) is 9.04. The van der Waals surface area contributed by atoms with E-state index in [4.69, 9.17) is 0 Å². The molecule has 6 nitrogen and oxygen atoms in total. The van der Waals surface area contributed by atoms with Crippen molar-refractivity contribution in [2.24, 2.45) is 0 Å². The van der Waals surface area contributed by atoms with E-state index in [0.29, 0.717) is 42.2 Å². The molecular weight excluding hydrogens is 461 g/mol. The molecule has 29 heavy (non-hydrogen) atoms. The Hall–Kier alpha value is -2.26. The van der Waals surface area contributed by atoms with E-state index >= 15 is 0 Å². The molecule has 1 aromatic carbocycles. The minimum Gasteiger partial charge on any atom is -0.340 e. The van der Waals surface area contributed by atoms with Gasteiger partial charge in [-0.05, 0) is 59.6 Å². The number of hydrogen-bond acceptors (Lipinski definition) is 4. The van der Waals surface area contributed by atoms with Crippen LogP contribution in [0.3, 0.4) is 0 Å². The summed E-state index contributed by atoms with van der Waals surface area (Å²) in [5, 5.41) is 2.72. The molecule has 3 amide bonds. The van der Waals surface area contributed by atoms with Gasteiger partial charge in [0, 0.05) is 31.7 Å². The van der Waals surface area contributed by atoms with Crippen molar-refractivity contribution in [3.63, 3.8) is 0 Å². The van der Waals surface area contributed by atoms with E-state index in [-0.39, 0.29) is 17.7 Å². The summed E-state index contributed by atoms with van der Waals surface area (Å²) in [6.45, 7) is 4.74. The van der Waals surface area contributed by atoms with Crippen LogP contribution in [-0.2, 0) is 4.79 Å². The number of nitrogens with one attached hydrogen (secondary N) is 1. The Balaban J connectivity index is 1.54. The minimum atomic E-state index is -0.670. The van der Waals surface area contributed by atoms with Crippen LogP contribution in [0.2, 0.25) is 0 Å². The third-order valence-corrected chi connectivity index (χ3v) is 6.43. The number of nitrogens with zero attached hydrogens (tertiary/aromatic N) is 2. The number of carbonyl (C=O) groups is 3. The summed E-state index contributed by atoms with van der Waals surface area (Å²) < 4.78 is 14.6. The van der Waals surface area contributed by atoms with Gasteiger partial charge in [0.1, 0.15) is 11.9 Å². The molecule has 3 rings (SSSR count). The molecule has 0 aliphatic carbocycles. The van der Waals surface area contributed by atoms with Crippen molar-refractivity contribution < 1.29 is 18.8 Å². The van der Waals surface area contributed by atoms with E-state index in [9.17, 15) is 18.8 Å². The quantitative estimate of drug-likeness (QED) is 0.729. The molecule has 1 atom stereocenters. The van der Waals surface area contributed by atoms with Gasteiger partial charge in [-0.1, -0.05) is 6.07 Å². The molecule has 154 valence electrons. The van der Waals surface area contributed by atoms with E-state index in [1.807, 2.05) is 0 Å². The first kappa shape index (κ1) is 21.4. The summed E-state index contributed by atoms with van der Waals surface area (Å²) in [6, 6.07) is 7.24. The topological polar surface area (TPSA) is 69.7 Å². The van der Waals surface area contributed by atoms with E-state index in [0.717, 1.165) is 3.79 Å². The summed E-state index contributed by atoms with van der Waals surface area (Å²) in [4.78, 5) is 41.2. The first-order valence-electron chi connectivity index (χ1n) is 9.16. The molecular formula is C20H21BrFN3O3S. The monoisotopic (exact) mass is 481 g/mol. The highest BCUT2D eigenvalue weighted by atomic mass is 79.9. The smallest absolute Gasteiger partial charge is 0.262 e. The first-order chi connectivity index (χ1) is 13.8. The van der Waals surface area contributed by atoms with Gasteiger partial charge in [0.05, 0.1) is 8.66 Å². The van der Waals surface area contributed by atoms with Crippen molar-refractivity contribution in [1.29, 1.82) is 0 Å². The molecule has 2 heterocycles. The Morgan fingerprint density at radius 1 is 1.10 bits per heavy atom. The number of rotatable bonds is 4. The van der Waals surface area contributed by atoms with Crippen molar-refractivity contribution >= 4 is 45.0 Å². The number of amides is 3. The van der Waals surface area contributed by atoms with Crippen molar-refractivity contribution in [2.75, 3.05) is 26.2 Å². The third kappa shape index (κ3) is 5.02. The molecule has 0 bridgehead atoms. The number of aryl methyl sites for hydroxylation is 1. The molecule has 1 saturated heterocycles. The number of hydrogen-bond donors (Lipinski definition) is 1. The number of carbonyl (C=O) groups excluding carboxylic acids is 3. The molecule has 1 aliphatic rings. The molecule has 1 N–H and O–H groups in total. The third-order valence-electron chi connectivity index (χ3n) is 4.81. The van der Waals surface area contributed by atoms with E-state index in [2.05, 4.69) is 21.2 Å². The van der Waals surface area contributed by atoms with Crippen LogP contribution in [0.1, 0.15) is 32.5 Å². The van der Waals surface area contributed by atoms with Crippen LogP contribution < -0.4 is 5.32 Å². The fourth-order valence-electron chi connectivity index (χ4n) is 3.08. The second-order valence-corrected chi connectivity index (χ2v) is 9.34. The molecule has 1 aliphatic heterocycles. The first-order valence-corrected chi connectivity index (χ1v) is 10.8. The van der Waals surface area contributed by atoms with Crippen LogP contribution in [0, 0.1) is 12.7 Å². The predicted molar refractivity (Wildman–Crippen MR) is 113 cm³/mol. The van der Waals surface area contributed by atoms with Crippen LogP contribution in [0.4, 0.5) is 4.39 Å². The Morgan fingerprint density at radius 2 is 1.76 bits per heavy atom. The maximum Gasteiger partial charge on any atom is 0.262 e. The fraction of sp³-hybridized carbons (Fsp3) is 0.350. The summed E-state index contributed by atoms with van der Waals surface area (Å²) in [7, 11) is 0. The van der Waals surface area contributed by atoms with Gasteiger partial charge in [-0.25, -0.2) is 4.39 Å². The Bertz CT molecular complexity index is 941.